The Morgan fingerprint density at radius 1 is 0.912 bits per heavy atom. The van der Waals surface area contributed by atoms with Gasteiger partial charge in [-0.15, -0.1) is 0 Å². The summed E-state index contributed by atoms with van der Waals surface area (Å²) in [5.74, 6) is -1.20. The second-order valence-electron chi connectivity index (χ2n) is 10.1. The van der Waals surface area contributed by atoms with Crippen molar-refractivity contribution in [3.63, 3.8) is 0 Å². The van der Waals surface area contributed by atoms with Crippen LogP contribution in [-0.2, 0) is 14.3 Å². The number of carbonyl (C=O) groups excluding carboxylic acids is 2. The molecule has 1 aliphatic carbocycles. The molecule has 3 N–H and O–H groups in total. The van der Waals surface area contributed by atoms with Crippen LogP contribution in [-0.4, -0.2) is 41.8 Å². The average molecular weight is 467 g/mol. The monoisotopic (exact) mass is 466 g/mol. The van der Waals surface area contributed by atoms with Crippen LogP contribution in [0.5, 0.6) is 0 Å². The molecule has 182 valence electrons. The number of carboxylic acids is 1. The minimum absolute atomic E-state index is 0.0527. The summed E-state index contributed by atoms with van der Waals surface area (Å²) in [7, 11) is 0. The van der Waals surface area contributed by atoms with Crippen LogP contribution in [0.4, 0.5) is 4.79 Å². The molecular formula is C27H34N2O5. The number of amides is 2. The third-order valence-electron chi connectivity index (χ3n) is 6.43. The van der Waals surface area contributed by atoms with E-state index >= 15 is 0 Å². The van der Waals surface area contributed by atoms with Crippen molar-refractivity contribution in [2.24, 2.45) is 5.41 Å². The van der Waals surface area contributed by atoms with Gasteiger partial charge in [-0.1, -0.05) is 62.4 Å². The van der Waals surface area contributed by atoms with Gasteiger partial charge in [0, 0.05) is 18.9 Å². The lowest BCUT2D eigenvalue weighted by molar-refractivity contribution is -0.137. The smallest absolute Gasteiger partial charge is 0.408 e. The first kappa shape index (κ1) is 25.3. The van der Waals surface area contributed by atoms with Gasteiger partial charge in [0.15, 0.2) is 0 Å². The van der Waals surface area contributed by atoms with Gasteiger partial charge in [0.05, 0.1) is 0 Å². The molecule has 0 unspecified atom stereocenters. The van der Waals surface area contributed by atoms with Crippen molar-refractivity contribution in [2.45, 2.75) is 58.4 Å². The van der Waals surface area contributed by atoms with E-state index in [4.69, 9.17) is 9.84 Å². The van der Waals surface area contributed by atoms with Crippen LogP contribution in [0, 0.1) is 5.41 Å². The van der Waals surface area contributed by atoms with Crippen molar-refractivity contribution >= 4 is 18.0 Å². The first-order valence-electron chi connectivity index (χ1n) is 11.6. The van der Waals surface area contributed by atoms with Crippen LogP contribution in [0.25, 0.3) is 11.1 Å². The number of hydrogen-bond donors (Lipinski definition) is 3. The standard InChI is InChI=1S/C27H34N2O5/c1-26(2,14-13-23(30)31)15-16-28-24(32)27(3,4)29-25(33)34-17-22-20-11-7-5-9-18(20)19-10-6-8-12-21(19)22/h5-12,22H,13-17H2,1-4H3,(H,28,32)(H,29,33)(H,30,31). The second-order valence-corrected chi connectivity index (χ2v) is 10.1. The van der Waals surface area contributed by atoms with E-state index in [1.165, 1.54) is 0 Å². The van der Waals surface area contributed by atoms with E-state index in [2.05, 4.69) is 34.9 Å². The number of benzene rings is 2. The van der Waals surface area contributed by atoms with E-state index in [0.29, 0.717) is 19.4 Å². The van der Waals surface area contributed by atoms with Crippen molar-refractivity contribution in [3.05, 3.63) is 59.7 Å². The number of nitrogens with one attached hydrogen (secondary N) is 2. The molecule has 0 saturated carbocycles. The van der Waals surface area contributed by atoms with Crippen LogP contribution < -0.4 is 10.6 Å². The Hall–Kier alpha value is -3.35. The third-order valence-corrected chi connectivity index (χ3v) is 6.43. The Balaban J connectivity index is 1.51. The fourth-order valence-corrected chi connectivity index (χ4v) is 4.25. The summed E-state index contributed by atoms with van der Waals surface area (Å²) >= 11 is 0. The van der Waals surface area contributed by atoms with Crippen LogP contribution in [0.15, 0.2) is 48.5 Å². The number of fused-ring (bicyclic) bond motifs is 3. The van der Waals surface area contributed by atoms with Gasteiger partial charge in [-0.05, 0) is 54.4 Å². The largest absolute Gasteiger partial charge is 0.481 e. The van der Waals surface area contributed by atoms with E-state index in [1.807, 2.05) is 38.1 Å². The first-order chi connectivity index (χ1) is 16.0. The molecule has 0 bridgehead atoms. The lowest BCUT2D eigenvalue weighted by Crippen LogP contribution is -2.55. The number of aliphatic carboxylic acids is 1. The normalized spacial score (nSPS) is 13.1. The Morgan fingerprint density at radius 2 is 1.47 bits per heavy atom. The maximum absolute atomic E-state index is 12.7. The van der Waals surface area contributed by atoms with Gasteiger partial charge >= 0.3 is 12.1 Å². The third kappa shape index (κ3) is 6.16. The molecule has 0 radical (unpaired) electrons. The molecule has 0 heterocycles. The van der Waals surface area contributed by atoms with Crippen molar-refractivity contribution in [1.82, 2.24) is 10.6 Å². The SMILES string of the molecule is CC(C)(CCNC(=O)C(C)(C)NC(=O)OCC1c2ccccc2-c2ccccc21)CCC(=O)O. The molecule has 7 heteroatoms. The highest BCUT2D eigenvalue weighted by atomic mass is 16.5. The van der Waals surface area contributed by atoms with Crippen molar-refractivity contribution < 1.29 is 24.2 Å². The number of carbonyl (C=O) groups is 3. The topological polar surface area (TPSA) is 105 Å². The summed E-state index contributed by atoms with van der Waals surface area (Å²) in [5.41, 5.74) is 3.18. The highest BCUT2D eigenvalue weighted by molar-refractivity contribution is 5.89. The maximum Gasteiger partial charge on any atom is 0.408 e. The van der Waals surface area contributed by atoms with Gasteiger partial charge < -0.3 is 20.5 Å². The molecule has 0 spiro atoms. The van der Waals surface area contributed by atoms with Gasteiger partial charge in [-0.3, -0.25) is 9.59 Å². The van der Waals surface area contributed by atoms with E-state index in [0.717, 1.165) is 22.3 Å². The minimum atomic E-state index is -1.16. The molecule has 2 aromatic carbocycles. The summed E-state index contributed by atoms with van der Waals surface area (Å²) < 4.78 is 5.55. The zero-order valence-electron chi connectivity index (χ0n) is 20.3. The molecule has 1 aliphatic rings. The average Bonchev–Trinajstić information content (AvgIpc) is 3.10. The van der Waals surface area contributed by atoms with Gasteiger partial charge in [0.25, 0.3) is 0 Å². The minimum Gasteiger partial charge on any atom is -0.481 e. The van der Waals surface area contributed by atoms with Crippen LogP contribution in [0.1, 0.15) is 64.0 Å². The molecule has 0 atom stereocenters. The Bertz CT molecular complexity index is 1010. The number of ether oxygens (including phenoxy) is 1. The van der Waals surface area contributed by atoms with Crippen molar-refractivity contribution in [1.29, 1.82) is 0 Å². The lowest BCUT2D eigenvalue weighted by atomic mass is 9.84. The molecule has 2 amide bonds. The van der Waals surface area contributed by atoms with Crippen molar-refractivity contribution in [3.8, 4) is 11.1 Å². The van der Waals surface area contributed by atoms with Crippen LogP contribution in [0.2, 0.25) is 0 Å². The van der Waals surface area contributed by atoms with Gasteiger partial charge in [0.1, 0.15) is 12.1 Å². The van der Waals surface area contributed by atoms with E-state index in [-0.39, 0.29) is 30.3 Å². The molecule has 0 aliphatic heterocycles. The highest BCUT2D eigenvalue weighted by Gasteiger charge is 2.32. The Labute approximate surface area is 200 Å². The number of rotatable bonds is 10. The zero-order chi connectivity index (χ0) is 24.9. The number of alkyl carbamates (subject to hydrolysis) is 1. The fourth-order valence-electron chi connectivity index (χ4n) is 4.25. The predicted molar refractivity (Wildman–Crippen MR) is 131 cm³/mol. The molecule has 7 nitrogen and oxygen atoms in total. The first-order valence-corrected chi connectivity index (χ1v) is 11.6. The summed E-state index contributed by atoms with van der Waals surface area (Å²) in [6.07, 6.45) is 0.603. The van der Waals surface area contributed by atoms with Crippen LogP contribution in [0.3, 0.4) is 0 Å². The molecule has 3 rings (SSSR count). The zero-order valence-corrected chi connectivity index (χ0v) is 20.3. The second kappa shape index (κ2) is 10.3. The number of carboxylic acid groups (broad SMARTS) is 1. The molecule has 0 aromatic heterocycles. The summed E-state index contributed by atoms with van der Waals surface area (Å²) in [6.45, 7) is 7.76. The van der Waals surface area contributed by atoms with Gasteiger partial charge in [0.2, 0.25) is 5.91 Å². The van der Waals surface area contributed by atoms with E-state index < -0.39 is 17.6 Å². The predicted octanol–water partition coefficient (Wildman–Crippen LogP) is 4.70. The Morgan fingerprint density at radius 3 is 2.03 bits per heavy atom. The molecule has 0 saturated heterocycles. The molecule has 2 aromatic rings. The van der Waals surface area contributed by atoms with Gasteiger partial charge in [-0.2, -0.15) is 0 Å². The maximum atomic E-state index is 12.7. The Kier molecular flexibility index (Phi) is 7.64. The fraction of sp³-hybridized carbons (Fsp3) is 0.444. The molecule has 0 fully saturated rings. The quantitative estimate of drug-likeness (QED) is 0.471. The van der Waals surface area contributed by atoms with Crippen molar-refractivity contribution in [2.75, 3.05) is 13.2 Å². The lowest BCUT2D eigenvalue weighted by Gasteiger charge is -2.27. The molecule has 34 heavy (non-hydrogen) atoms. The van der Waals surface area contributed by atoms with Crippen LogP contribution >= 0.6 is 0 Å². The van der Waals surface area contributed by atoms with E-state index in [9.17, 15) is 14.4 Å². The highest BCUT2D eigenvalue weighted by Crippen LogP contribution is 2.44. The summed E-state index contributed by atoms with van der Waals surface area (Å²) in [6, 6.07) is 16.2. The number of hydrogen-bond acceptors (Lipinski definition) is 4. The summed E-state index contributed by atoms with van der Waals surface area (Å²) in [5, 5.41) is 14.4. The van der Waals surface area contributed by atoms with Gasteiger partial charge in [-0.25, -0.2) is 4.79 Å². The molecular weight excluding hydrogens is 432 g/mol. The van der Waals surface area contributed by atoms with E-state index in [1.54, 1.807) is 13.8 Å². The summed E-state index contributed by atoms with van der Waals surface area (Å²) in [4.78, 5) is 36.0.